The third-order valence-electron chi connectivity index (χ3n) is 4.07. The van der Waals surface area contributed by atoms with E-state index >= 15 is 0 Å². The quantitative estimate of drug-likeness (QED) is 0.620. The van der Waals surface area contributed by atoms with Crippen LogP contribution in [-0.4, -0.2) is 24.9 Å². The third kappa shape index (κ3) is 4.58. The van der Waals surface area contributed by atoms with Gasteiger partial charge in [0.15, 0.2) is 0 Å². The lowest BCUT2D eigenvalue weighted by atomic mass is 10.1. The van der Waals surface area contributed by atoms with Crippen molar-refractivity contribution >= 4 is 11.6 Å². The van der Waals surface area contributed by atoms with E-state index in [1.54, 1.807) is 4.90 Å². The third-order valence-corrected chi connectivity index (χ3v) is 4.07. The van der Waals surface area contributed by atoms with Crippen molar-refractivity contribution in [2.75, 3.05) is 19.0 Å². The average molecular weight is 343 g/mol. The molecular formula is C23H23N2O-. The molecule has 0 aliphatic heterocycles. The molecule has 0 heterocycles. The highest BCUT2D eigenvalue weighted by Crippen LogP contribution is 2.21. The van der Waals surface area contributed by atoms with Gasteiger partial charge in [-0.25, -0.2) is 0 Å². The van der Waals surface area contributed by atoms with Crippen molar-refractivity contribution in [3.05, 3.63) is 102 Å². The molecule has 0 unspecified atom stereocenters. The van der Waals surface area contributed by atoms with Gasteiger partial charge < -0.3 is 9.80 Å². The highest BCUT2D eigenvalue weighted by atomic mass is 16.2. The minimum absolute atomic E-state index is 0.0206. The van der Waals surface area contributed by atoms with E-state index in [0.29, 0.717) is 12.1 Å². The molecule has 3 rings (SSSR count). The van der Waals surface area contributed by atoms with Gasteiger partial charge in [-0.05, 0) is 31.8 Å². The van der Waals surface area contributed by atoms with Gasteiger partial charge in [0, 0.05) is 18.7 Å². The van der Waals surface area contributed by atoms with E-state index in [4.69, 9.17) is 0 Å². The molecule has 0 saturated carbocycles. The number of amides is 1. The van der Waals surface area contributed by atoms with Crippen LogP contribution in [0.5, 0.6) is 0 Å². The monoisotopic (exact) mass is 343 g/mol. The first-order chi connectivity index (χ1) is 12.6. The lowest BCUT2D eigenvalue weighted by Crippen LogP contribution is -2.30. The normalized spacial score (nSPS) is 10.7. The molecule has 0 N–H and O–H groups in total. The van der Waals surface area contributed by atoms with Gasteiger partial charge in [-0.15, -0.1) is 11.6 Å². The number of rotatable bonds is 6. The predicted octanol–water partition coefficient (Wildman–Crippen LogP) is 4.40. The summed E-state index contributed by atoms with van der Waals surface area (Å²) in [6, 6.07) is 28.8. The van der Waals surface area contributed by atoms with Crippen LogP contribution in [0.2, 0.25) is 0 Å². The van der Waals surface area contributed by atoms with Crippen molar-refractivity contribution in [2.24, 2.45) is 0 Å². The fourth-order valence-corrected chi connectivity index (χ4v) is 2.86. The van der Waals surface area contributed by atoms with Gasteiger partial charge in [0.2, 0.25) is 0 Å². The predicted molar refractivity (Wildman–Crippen MR) is 106 cm³/mol. The van der Waals surface area contributed by atoms with Gasteiger partial charge in [-0.3, -0.25) is 4.79 Å². The maximum absolute atomic E-state index is 13.2. The summed E-state index contributed by atoms with van der Waals surface area (Å²) in [6.45, 7) is 1.29. The van der Waals surface area contributed by atoms with E-state index in [1.165, 1.54) is 0 Å². The van der Waals surface area contributed by atoms with Gasteiger partial charge in [0.1, 0.15) is 0 Å². The highest BCUT2D eigenvalue weighted by molar-refractivity contribution is 6.05. The molecule has 1 amide bonds. The molecule has 0 bridgehead atoms. The number of hydrogen-bond donors (Lipinski definition) is 0. The fourth-order valence-electron chi connectivity index (χ4n) is 2.86. The Kier molecular flexibility index (Phi) is 5.82. The van der Waals surface area contributed by atoms with Crippen molar-refractivity contribution in [3.63, 3.8) is 0 Å². The Bertz CT molecular complexity index is 844. The van der Waals surface area contributed by atoms with Crippen LogP contribution in [0.15, 0.2) is 78.9 Å². The largest absolute Gasteiger partial charge is 0.328 e. The molecule has 132 valence electrons. The molecule has 0 aliphatic rings. The van der Waals surface area contributed by atoms with Crippen LogP contribution >= 0.6 is 0 Å². The average Bonchev–Trinajstić information content (AvgIpc) is 2.67. The van der Waals surface area contributed by atoms with Gasteiger partial charge in [-0.1, -0.05) is 54.2 Å². The summed E-state index contributed by atoms with van der Waals surface area (Å²) in [4.78, 5) is 17.1. The van der Waals surface area contributed by atoms with Crippen LogP contribution in [0.1, 0.15) is 21.5 Å². The fraction of sp³-hybridized carbons (Fsp3) is 0.174. The van der Waals surface area contributed by atoms with Crippen LogP contribution in [-0.2, 0) is 13.1 Å². The number of nitrogens with zero attached hydrogens (tertiary/aromatic N) is 2. The summed E-state index contributed by atoms with van der Waals surface area (Å²) in [5, 5.41) is 0. The van der Waals surface area contributed by atoms with Crippen LogP contribution in [0, 0.1) is 6.07 Å². The maximum atomic E-state index is 13.2. The molecule has 0 atom stereocenters. The second-order valence-electron chi connectivity index (χ2n) is 6.54. The van der Waals surface area contributed by atoms with Crippen LogP contribution < -0.4 is 4.90 Å². The first-order valence-electron chi connectivity index (χ1n) is 8.70. The molecule has 26 heavy (non-hydrogen) atoms. The standard InChI is InChI=1S/C23H23N2O/c1-24(2)17-20-12-9-15-22(16-20)25(18-19-10-5-3-6-11-19)23(26)21-13-7-4-8-14-21/h3-15H,17-18H2,1-2H3/q-1. The molecule has 0 radical (unpaired) electrons. The Labute approximate surface area is 155 Å². The summed E-state index contributed by atoms with van der Waals surface area (Å²) in [7, 11) is 4.05. The molecule has 3 heteroatoms. The van der Waals surface area contributed by atoms with E-state index in [9.17, 15) is 4.79 Å². The summed E-state index contributed by atoms with van der Waals surface area (Å²) in [6.07, 6.45) is 0. The van der Waals surface area contributed by atoms with Crippen molar-refractivity contribution < 1.29 is 4.79 Å². The summed E-state index contributed by atoms with van der Waals surface area (Å²) in [5.41, 5.74) is 3.62. The van der Waals surface area contributed by atoms with Crippen LogP contribution in [0.3, 0.4) is 0 Å². The van der Waals surface area contributed by atoms with E-state index in [2.05, 4.69) is 11.0 Å². The van der Waals surface area contributed by atoms with E-state index in [-0.39, 0.29) is 5.91 Å². The SMILES string of the molecule is CN(C)Cc1[c-]c(N(Cc2ccccc2)C(=O)c2ccccc2)ccc1. The smallest absolute Gasteiger partial charge is 0.256 e. The highest BCUT2D eigenvalue weighted by Gasteiger charge is 2.15. The van der Waals surface area contributed by atoms with Crippen LogP contribution in [0.25, 0.3) is 0 Å². The topological polar surface area (TPSA) is 23.6 Å². The second kappa shape index (κ2) is 8.45. The number of benzene rings is 3. The number of hydrogen-bond acceptors (Lipinski definition) is 2. The molecule has 0 aromatic heterocycles. The Morgan fingerprint density at radius 1 is 0.808 bits per heavy atom. The first kappa shape index (κ1) is 17.9. The maximum Gasteiger partial charge on any atom is 0.256 e. The first-order valence-corrected chi connectivity index (χ1v) is 8.70. The zero-order valence-electron chi connectivity index (χ0n) is 15.2. The number of carbonyl (C=O) groups is 1. The summed E-state index contributed by atoms with van der Waals surface area (Å²) >= 11 is 0. The zero-order chi connectivity index (χ0) is 18.4. The second-order valence-corrected chi connectivity index (χ2v) is 6.54. The van der Waals surface area contributed by atoms with Gasteiger partial charge in [0.05, 0.1) is 0 Å². The molecule has 3 aromatic rings. The Balaban J connectivity index is 1.96. The summed E-state index contributed by atoms with van der Waals surface area (Å²) < 4.78 is 0. The number of anilines is 1. The van der Waals surface area contributed by atoms with Crippen molar-refractivity contribution in [2.45, 2.75) is 13.1 Å². The lowest BCUT2D eigenvalue weighted by molar-refractivity contribution is 0.0985. The van der Waals surface area contributed by atoms with E-state index < -0.39 is 0 Å². The Morgan fingerprint density at radius 3 is 2.12 bits per heavy atom. The molecule has 3 aromatic carbocycles. The number of carbonyl (C=O) groups excluding carboxylic acids is 1. The van der Waals surface area contributed by atoms with Crippen molar-refractivity contribution in [1.82, 2.24) is 4.90 Å². The van der Waals surface area contributed by atoms with Crippen molar-refractivity contribution in [1.29, 1.82) is 0 Å². The van der Waals surface area contributed by atoms with Crippen LogP contribution in [0.4, 0.5) is 5.69 Å². The molecule has 0 aliphatic carbocycles. The van der Waals surface area contributed by atoms with Gasteiger partial charge in [-0.2, -0.15) is 18.2 Å². The molecular weight excluding hydrogens is 320 g/mol. The van der Waals surface area contributed by atoms with Gasteiger partial charge >= 0.3 is 0 Å². The van der Waals surface area contributed by atoms with Crippen molar-refractivity contribution in [3.8, 4) is 0 Å². The molecule has 0 saturated heterocycles. The van der Waals surface area contributed by atoms with Gasteiger partial charge in [0.25, 0.3) is 5.91 Å². The molecule has 0 spiro atoms. The molecule has 3 nitrogen and oxygen atoms in total. The summed E-state index contributed by atoms with van der Waals surface area (Å²) in [5.74, 6) is -0.0206. The minimum atomic E-state index is -0.0206. The Hall–Kier alpha value is -2.91. The lowest BCUT2D eigenvalue weighted by Gasteiger charge is -2.28. The zero-order valence-corrected chi connectivity index (χ0v) is 15.2. The van der Waals surface area contributed by atoms with E-state index in [0.717, 1.165) is 23.4 Å². The van der Waals surface area contributed by atoms with E-state index in [1.807, 2.05) is 93.0 Å². The minimum Gasteiger partial charge on any atom is -0.328 e. The Morgan fingerprint density at radius 2 is 1.46 bits per heavy atom. The molecule has 0 fully saturated rings.